The molecule has 0 bridgehead atoms. The number of sulfone groups is 1. The normalized spacial score (nSPS) is 15.9. The molecule has 35 heavy (non-hydrogen) atoms. The molecule has 0 spiro atoms. The summed E-state index contributed by atoms with van der Waals surface area (Å²) in [5.41, 5.74) is 3.03. The van der Waals surface area contributed by atoms with Crippen LogP contribution in [-0.4, -0.2) is 56.1 Å². The van der Waals surface area contributed by atoms with E-state index < -0.39 is 37.1 Å². The molecule has 3 aromatic rings. The van der Waals surface area contributed by atoms with Gasteiger partial charge in [0, 0.05) is 44.2 Å². The van der Waals surface area contributed by atoms with E-state index in [1.54, 1.807) is 11.9 Å². The van der Waals surface area contributed by atoms with Crippen LogP contribution in [0.2, 0.25) is 5.02 Å². The molecule has 1 N–H and O–H groups in total. The van der Waals surface area contributed by atoms with Gasteiger partial charge in [-0.25, -0.2) is 22.2 Å². The topological polar surface area (TPSA) is 90.8 Å². The van der Waals surface area contributed by atoms with E-state index in [9.17, 15) is 12.8 Å². The Hall–Kier alpha value is -2.60. The molecule has 1 unspecified atom stereocenters. The van der Waals surface area contributed by atoms with E-state index in [1.165, 1.54) is 27.8 Å². The van der Waals surface area contributed by atoms with Crippen LogP contribution in [0, 0.1) is 11.6 Å². The van der Waals surface area contributed by atoms with E-state index in [0.29, 0.717) is 6.54 Å². The molecule has 2 heterocycles. The van der Waals surface area contributed by atoms with Crippen LogP contribution in [0.4, 0.5) is 14.5 Å². The fraction of sp³-hybridized carbons (Fsp3) is 0.304. The number of hydrogen-bond acceptors (Lipinski definition) is 7. The van der Waals surface area contributed by atoms with Crippen LogP contribution in [0.25, 0.3) is 0 Å². The van der Waals surface area contributed by atoms with Gasteiger partial charge in [0.1, 0.15) is 15.7 Å². The summed E-state index contributed by atoms with van der Waals surface area (Å²) in [4.78, 5) is 15.2. The number of nitrogens with zero attached hydrogens (tertiary/aromatic N) is 3. The maximum atomic E-state index is 15.1. The fourth-order valence-electron chi connectivity index (χ4n) is 3.99. The van der Waals surface area contributed by atoms with Crippen molar-refractivity contribution in [1.29, 1.82) is 0 Å². The molecule has 1 aliphatic rings. The average Bonchev–Trinajstić information content (AvgIpc) is 3.49. The standard InChI is InChI=1S/C22H22ClF2N3O2S2.CH2O2/c1-27(17-7-8-28(11-17)10-15-5-3-2-4-6-15)19-9-18(24)22(21(25)20(19)23)32(29,30)13-16-12-31-14-26-16;2-1-3/h2-6,9,12,14,17H,7-8,10-11,13H2,1H3;1H,(H,2,3). The van der Waals surface area contributed by atoms with Crippen LogP contribution in [0.1, 0.15) is 17.7 Å². The predicted molar refractivity (Wildman–Crippen MR) is 132 cm³/mol. The van der Waals surface area contributed by atoms with Gasteiger partial charge in [0.15, 0.2) is 15.7 Å². The number of likely N-dealkylation sites (N-methyl/N-ethyl adjacent to an activating group) is 1. The summed E-state index contributed by atoms with van der Waals surface area (Å²) < 4.78 is 55.3. The number of halogens is 3. The van der Waals surface area contributed by atoms with Crippen LogP contribution in [0.15, 0.2) is 52.2 Å². The third-order valence-corrected chi connectivity index (χ3v) is 8.32. The highest BCUT2D eigenvalue weighted by molar-refractivity contribution is 7.90. The van der Waals surface area contributed by atoms with Crippen molar-refractivity contribution in [3.63, 3.8) is 0 Å². The Morgan fingerprint density at radius 2 is 2.00 bits per heavy atom. The van der Waals surface area contributed by atoms with Gasteiger partial charge in [-0.05, 0) is 12.0 Å². The van der Waals surface area contributed by atoms with Crippen LogP contribution in [0.3, 0.4) is 0 Å². The number of aromatic nitrogens is 1. The summed E-state index contributed by atoms with van der Waals surface area (Å²) in [5, 5.41) is 8.02. The highest BCUT2D eigenvalue weighted by Gasteiger charge is 2.32. The zero-order valence-electron chi connectivity index (χ0n) is 18.8. The van der Waals surface area contributed by atoms with Crippen molar-refractivity contribution in [3.8, 4) is 0 Å². The Morgan fingerprint density at radius 1 is 1.31 bits per heavy atom. The average molecular weight is 544 g/mol. The molecular weight excluding hydrogens is 520 g/mol. The molecule has 0 amide bonds. The lowest BCUT2D eigenvalue weighted by atomic mass is 10.2. The zero-order valence-corrected chi connectivity index (χ0v) is 21.2. The van der Waals surface area contributed by atoms with E-state index in [0.717, 1.165) is 25.6 Å². The molecule has 1 aromatic heterocycles. The molecule has 1 fully saturated rings. The second-order valence-corrected chi connectivity index (χ2v) is 11.0. The predicted octanol–water partition coefficient (Wildman–Crippen LogP) is 4.46. The minimum atomic E-state index is -4.29. The number of rotatable bonds is 7. The van der Waals surface area contributed by atoms with Crippen molar-refractivity contribution < 1.29 is 27.1 Å². The maximum Gasteiger partial charge on any atom is 0.290 e. The molecule has 1 aliphatic heterocycles. The molecule has 0 radical (unpaired) electrons. The largest absolute Gasteiger partial charge is 0.483 e. The SMILES string of the molecule is CN(c1cc(F)c(S(=O)(=O)Cc2cscn2)c(F)c1Cl)C1CCN(Cc2ccccc2)C1.O=CO. The molecule has 0 saturated carbocycles. The number of benzene rings is 2. The highest BCUT2D eigenvalue weighted by atomic mass is 35.5. The summed E-state index contributed by atoms with van der Waals surface area (Å²) in [5.74, 6) is -3.00. The first kappa shape index (κ1) is 27.0. The first-order chi connectivity index (χ1) is 16.7. The highest BCUT2D eigenvalue weighted by Crippen LogP contribution is 2.37. The first-order valence-corrected chi connectivity index (χ1v) is 13.5. The van der Waals surface area contributed by atoms with Gasteiger partial charge in [0.25, 0.3) is 6.47 Å². The minimum absolute atomic E-state index is 0.00697. The number of carboxylic acid groups (broad SMARTS) is 1. The molecular formula is C23H24ClF2N3O4S2. The molecule has 1 atom stereocenters. The molecule has 12 heteroatoms. The minimum Gasteiger partial charge on any atom is -0.483 e. The van der Waals surface area contributed by atoms with Crippen molar-refractivity contribution in [1.82, 2.24) is 9.88 Å². The first-order valence-electron chi connectivity index (χ1n) is 10.5. The van der Waals surface area contributed by atoms with Gasteiger partial charge in [-0.1, -0.05) is 41.9 Å². The van der Waals surface area contributed by atoms with Crippen molar-refractivity contribution in [2.45, 2.75) is 29.7 Å². The van der Waals surface area contributed by atoms with Crippen LogP contribution in [0.5, 0.6) is 0 Å². The van der Waals surface area contributed by atoms with Gasteiger partial charge in [0.2, 0.25) is 0 Å². The molecule has 7 nitrogen and oxygen atoms in total. The lowest BCUT2D eigenvalue weighted by Gasteiger charge is -2.28. The number of carbonyl (C=O) groups is 1. The number of thiazole rings is 1. The summed E-state index contributed by atoms with van der Waals surface area (Å²) in [6.45, 7) is 2.08. The second-order valence-electron chi connectivity index (χ2n) is 7.95. The Bertz CT molecular complexity index is 1250. The van der Waals surface area contributed by atoms with Gasteiger partial charge in [-0.2, -0.15) is 0 Å². The van der Waals surface area contributed by atoms with Crippen LogP contribution in [-0.2, 0) is 26.9 Å². The van der Waals surface area contributed by atoms with Gasteiger partial charge < -0.3 is 10.0 Å². The lowest BCUT2D eigenvalue weighted by molar-refractivity contribution is -0.122. The summed E-state index contributed by atoms with van der Waals surface area (Å²) in [6, 6.07) is 11.1. The third-order valence-electron chi connectivity index (χ3n) is 5.65. The Labute approximate surface area is 211 Å². The van der Waals surface area contributed by atoms with E-state index in [4.69, 9.17) is 21.5 Å². The van der Waals surface area contributed by atoms with Gasteiger partial charge in [-0.15, -0.1) is 11.3 Å². The Kier molecular flexibility index (Phi) is 9.17. The van der Waals surface area contributed by atoms with Gasteiger partial charge in [-0.3, -0.25) is 9.69 Å². The lowest BCUT2D eigenvalue weighted by Crippen LogP contribution is -2.35. The fourth-order valence-corrected chi connectivity index (χ4v) is 6.42. The number of anilines is 1. The zero-order chi connectivity index (χ0) is 25.6. The monoisotopic (exact) mass is 543 g/mol. The van der Waals surface area contributed by atoms with Crippen molar-refractivity contribution in [2.24, 2.45) is 0 Å². The van der Waals surface area contributed by atoms with Gasteiger partial charge >= 0.3 is 0 Å². The summed E-state index contributed by atoms with van der Waals surface area (Å²) in [6.07, 6.45) is 0.798. The second kappa shape index (κ2) is 11.9. The maximum absolute atomic E-state index is 15.1. The molecule has 2 aromatic carbocycles. The third kappa shape index (κ3) is 6.54. The number of hydrogen-bond donors (Lipinski definition) is 1. The molecule has 1 saturated heterocycles. The smallest absolute Gasteiger partial charge is 0.290 e. The Morgan fingerprint density at radius 3 is 2.63 bits per heavy atom. The van der Waals surface area contributed by atoms with Crippen molar-refractivity contribution in [2.75, 3.05) is 25.0 Å². The molecule has 4 rings (SSSR count). The van der Waals surface area contributed by atoms with E-state index >= 15 is 4.39 Å². The number of likely N-dealkylation sites (tertiary alicyclic amines) is 1. The van der Waals surface area contributed by atoms with E-state index in [-0.39, 0.29) is 23.9 Å². The van der Waals surface area contributed by atoms with Crippen molar-refractivity contribution in [3.05, 3.63) is 75.2 Å². The quantitative estimate of drug-likeness (QED) is 0.347. The van der Waals surface area contributed by atoms with E-state index in [1.807, 2.05) is 18.2 Å². The van der Waals surface area contributed by atoms with Gasteiger partial charge in [0.05, 0.1) is 22.6 Å². The van der Waals surface area contributed by atoms with E-state index in [2.05, 4.69) is 22.0 Å². The molecule has 188 valence electrons. The Balaban J connectivity index is 0.00000108. The van der Waals surface area contributed by atoms with Crippen LogP contribution < -0.4 is 4.90 Å². The summed E-state index contributed by atoms with van der Waals surface area (Å²) in [7, 11) is -2.57. The van der Waals surface area contributed by atoms with Crippen LogP contribution >= 0.6 is 22.9 Å². The molecule has 0 aliphatic carbocycles. The summed E-state index contributed by atoms with van der Waals surface area (Å²) >= 11 is 7.43. The van der Waals surface area contributed by atoms with Crippen molar-refractivity contribution >= 4 is 44.9 Å².